The molecule has 1 atom stereocenters. The second kappa shape index (κ2) is 5.34. The molecule has 1 aliphatic rings. The highest BCUT2D eigenvalue weighted by Gasteiger charge is 2.14. The third-order valence-electron chi connectivity index (χ3n) is 3.54. The summed E-state index contributed by atoms with van der Waals surface area (Å²) < 4.78 is 0. The van der Waals surface area contributed by atoms with Crippen molar-refractivity contribution in [1.29, 1.82) is 0 Å². The summed E-state index contributed by atoms with van der Waals surface area (Å²) in [5, 5.41) is 5.29. The van der Waals surface area contributed by atoms with Gasteiger partial charge in [-0.2, -0.15) is 0 Å². The first-order valence-corrected chi connectivity index (χ1v) is 7.65. The number of fused-ring (bicyclic) bond motifs is 1. The van der Waals surface area contributed by atoms with E-state index in [1.165, 1.54) is 35.3 Å². The molecule has 0 radical (unpaired) electrons. The fraction of sp³-hybridized carbons (Fsp3) is 0.333. The standard InChI is InChI=1S/C15H17N3OS/c1-9(16)14(19)18-15-17-13(8-20-15)12-6-5-10-3-2-4-11(10)7-12/h5-9H,2-4,16H2,1H3,(H,17,18,19)/t9-/m1/s1. The van der Waals surface area contributed by atoms with Gasteiger partial charge in [-0.3, -0.25) is 4.79 Å². The number of aryl methyl sites for hydroxylation is 2. The lowest BCUT2D eigenvalue weighted by atomic mass is 10.1. The van der Waals surface area contributed by atoms with E-state index < -0.39 is 6.04 Å². The third kappa shape index (κ3) is 2.59. The zero-order valence-electron chi connectivity index (χ0n) is 11.3. The minimum absolute atomic E-state index is 0.208. The highest BCUT2D eigenvalue weighted by atomic mass is 32.1. The fourth-order valence-electron chi connectivity index (χ4n) is 2.41. The van der Waals surface area contributed by atoms with Crippen LogP contribution in [-0.4, -0.2) is 16.9 Å². The van der Waals surface area contributed by atoms with Crippen LogP contribution in [0.4, 0.5) is 5.13 Å². The predicted molar refractivity (Wildman–Crippen MR) is 81.9 cm³/mol. The van der Waals surface area contributed by atoms with Gasteiger partial charge in [0.05, 0.1) is 11.7 Å². The highest BCUT2D eigenvalue weighted by Crippen LogP contribution is 2.30. The van der Waals surface area contributed by atoms with Crippen LogP contribution in [0.25, 0.3) is 11.3 Å². The van der Waals surface area contributed by atoms with Gasteiger partial charge in [-0.15, -0.1) is 11.3 Å². The topological polar surface area (TPSA) is 68.0 Å². The molecule has 20 heavy (non-hydrogen) atoms. The van der Waals surface area contributed by atoms with Crippen molar-refractivity contribution in [2.45, 2.75) is 32.2 Å². The van der Waals surface area contributed by atoms with Crippen LogP contribution in [0, 0.1) is 0 Å². The maximum atomic E-state index is 11.5. The Bertz CT molecular complexity index is 648. The van der Waals surface area contributed by atoms with Crippen LogP contribution in [0.3, 0.4) is 0 Å². The summed E-state index contributed by atoms with van der Waals surface area (Å²) in [5.41, 5.74) is 10.4. The molecule has 0 bridgehead atoms. The van der Waals surface area contributed by atoms with Crippen LogP contribution in [0.5, 0.6) is 0 Å². The van der Waals surface area contributed by atoms with Gasteiger partial charge >= 0.3 is 0 Å². The molecule has 0 aliphatic heterocycles. The molecule has 1 aliphatic carbocycles. The average Bonchev–Trinajstić information content (AvgIpc) is 3.05. The summed E-state index contributed by atoms with van der Waals surface area (Å²) in [7, 11) is 0. The number of aromatic nitrogens is 1. The van der Waals surface area contributed by atoms with Gasteiger partial charge in [-0.05, 0) is 43.4 Å². The van der Waals surface area contributed by atoms with Crippen LogP contribution in [0.2, 0.25) is 0 Å². The van der Waals surface area contributed by atoms with Crippen LogP contribution >= 0.6 is 11.3 Å². The largest absolute Gasteiger partial charge is 0.320 e. The van der Waals surface area contributed by atoms with E-state index in [0.29, 0.717) is 5.13 Å². The number of hydrogen-bond acceptors (Lipinski definition) is 4. The Labute approximate surface area is 122 Å². The molecule has 0 fully saturated rings. The number of carbonyl (C=O) groups is 1. The summed E-state index contributed by atoms with van der Waals surface area (Å²) in [4.78, 5) is 16.0. The van der Waals surface area contributed by atoms with Crippen molar-refractivity contribution in [3.63, 3.8) is 0 Å². The van der Waals surface area contributed by atoms with Gasteiger partial charge in [0.2, 0.25) is 5.91 Å². The van der Waals surface area contributed by atoms with Crippen LogP contribution in [0.1, 0.15) is 24.5 Å². The number of thiazole rings is 1. The van der Waals surface area contributed by atoms with Crippen molar-refractivity contribution in [3.05, 3.63) is 34.7 Å². The number of nitrogens with two attached hydrogens (primary N) is 1. The minimum atomic E-state index is -0.526. The molecule has 104 valence electrons. The third-order valence-corrected chi connectivity index (χ3v) is 4.30. The van der Waals surface area contributed by atoms with E-state index in [4.69, 9.17) is 5.73 Å². The lowest BCUT2D eigenvalue weighted by Crippen LogP contribution is -2.32. The molecule has 0 saturated carbocycles. The maximum absolute atomic E-state index is 11.5. The Morgan fingerprint density at radius 3 is 3.00 bits per heavy atom. The molecule has 5 heteroatoms. The molecule has 1 heterocycles. The molecule has 4 nitrogen and oxygen atoms in total. The molecule has 0 spiro atoms. The SMILES string of the molecule is C[C@@H](N)C(=O)Nc1nc(-c2ccc3c(c2)CCC3)cs1. The van der Waals surface area contributed by atoms with Gasteiger partial charge in [0.1, 0.15) is 0 Å². The van der Waals surface area contributed by atoms with Gasteiger partial charge in [-0.25, -0.2) is 4.98 Å². The lowest BCUT2D eigenvalue weighted by molar-refractivity contribution is -0.117. The normalized spacial score (nSPS) is 14.9. The van der Waals surface area contributed by atoms with Crippen molar-refractivity contribution in [2.24, 2.45) is 5.73 Å². The van der Waals surface area contributed by atoms with Crippen molar-refractivity contribution in [1.82, 2.24) is 4.98 Å². The molecular formula is C15H17N3OS. The average molecular weight is 287 g/mol. The van der Waals surface area contributed by atoms with Gasteiger partial charge in [0, 0.05) is 10.9 Å². The van der Waals surface area contributed by atoms with E-state index in [9.17, 15) is 4.79 Å². The fourth-order valence-corrected chi connectivity index (χ4v) is 3.14. The van der Waals surface area contributed by atoms with E-state index in [-0.39, 0.29) is 5.91 Å². The first-order chi connectivity index (χ1) is 9.63. The number of rotatable bonds is 3. The Hall–Kier alpha value is -1.72. The molecule has 0 saturated heterocycles. The minimum Gasteiger partial charge on any atom is -0.320 e. The second-order valence-electron chi connectivity index (χ2n) is 5.15. The number of nitrogens with zero attached hydrogens (tertiary/aromatic N) is 1. The zero-order valence-corrected chi connectivity index (χ0v) is 12.2. The summed E-state index contributed by atoms with van der Waals surface area (Å²) in [6, 6.07) is 5.99. The number of benzene rings is 1. The Balaban J connectivity index is 1.81. The van der Waals surface area contributed by atoms with Crippen molar-refractivity contribution < 1.29 is 4.79 Å². The van der Waals surface area contributed by atoms with Crippen molar-refractivity contribution in [3.8, 4) is 11.3 Å². The molecule has 2 aromatic rings. The quantitative estimate of drug-likeness (QED) is 0.911. The summed E-state index contributed by atoms with van der Waals surface area (Å²) in [6.45, 7) is 1.66. The maximum Gasteiger partial charge on any atom is 0.242 e. The zero-order chi connectivity index (χ0) is 14.1. The van der Waals surface area contributed by atoms with Gasteiger partial charge in [0.15, 0.2) is 5.13 Å². The van der Waals surface area contributed by atoms with Crippen molar-refractivity contribution >= 4 is 22.4 Å². The Morgan fingerprint density at radius 1 is 1.40 bits per heavy atom. The number of hydrogen-bond donors (Lipinski definition) is 2. The van der Waals surface area contributed by atoms with E-state index in [2.05, 4.69) is 28.5 Å². The molecule has 0 unspecified atom stereocenters. The van der Waals surface area contributed by atoms with E-state index in [0.717, 1.165) is 17.7 Å². The smallest absolute Gasteiger partial charge is 0.242 e. The Kier molecular flexibility index (Phi) is 3.54. The highest BCUT2D eigenvalue weighted by molar-refractivity contribution is 7.14. The summed E-state index contributed by atoms with van der Waals surface area (Å²) in [5.74, 6) is -0.208. The molecule has 1 amide bonds. The van der Waals surface area contributed by atoms with Gasteiger partial charge in [0.25, 0.3) is 0 Å². The monoisotopic (exact) mass is 287 g/mol. The van der Waals surface area contributed by atoms with Crippen LogP contribution in [0.15, 0.2) is 23.6 Å². The van der Waals surface area contributed by atoms with Gasteiger partial charge in [-0.1, -0.05) is 12.1 Å². The van der Waals surface area contributed by atoms with E-state index in [1.54, 1.807) is 6.92 Å². The summed E-state index contributed by atoms with van der Waals surface area (Å²) in [6.07, 6.45) is 3.58. The molecule has 1 aromatic carbocycles. The van der Waals surface area contributed by atoms with Gasteiger partial charge < -0.3 is 11.1 Å². The molecular weight excluding hydrogens is 270 g/mol. The van der Waals surface area contributed by atoms with Crippen LogP contribution < -0.4 is 11.1 Å². The number of amides is 1. The predicted octanol–water partition coefficient (Wildman–Crippen LogP) is 2.58. The second-order valence-corrected chi connectivity index (χ2v) is 6.01. The first-order valence-electron chi connectivity index (χ1n) is 6.77. The molecule has 3 rings (SSSR count). The molecule has 3 N–H and O–H groups in total. The van der Waals surface area contributed by atoms with E-state index >= 15 is 0 Å². The molecule has 1 aromatic heterocycles. The lowest BCUT2D eigenvalue weighted by Gasteiger charge is -2.04. The number of carbonyl (C=O) groups excluding carboxylic acids is 1. The number of nitrogens with one attached hydrogen (secondary N) is 1. The first kappa shape index (κ1) is 13.3. The van der Waals surface area contributed by atoms with Crippen LogP contribution in [-0.2, 0) is 17.6 Å². The van der Waals surface area contributed by atoms with Crippen molar-refractivity contribution in [2.75, 3.05) is 5.32 Å². The Morgan fingerprint density at radius 2 is 2.20 bits per heavy atom. The number of anilines is 1. The van der Waals surface area contributed by atoms with E-state index in [1.807, 2.05) is 5.38 Å². The summed E-state index contributed by atoms with van der Waals surface area (Å²) >= 11 is 1.42.